The largest absolute Gasteiger partial charge is 0.478 e. The molecule has 1 aromatic rings. The van der Waals surface area contributed by atoms with Crippen LogP contribution < -0.4 is 4.90 Å². The predicted octanol–water partition coefficient (Wildman–Crippen LogP) is 2.68. The molecule has 4 nitrogen and oxygen atoms in total. The molecule has 0 aromatic heterocycles. The maximum absolute atomic E-state index is 10.9. The molecule has 1 N–H and O–H groups in total. The summed E-state index contributed by atoms with van der Waals surface area (Å²) in [5.41, 5.74) is 1.40. The Hall–Kier alpha value is -1.07. The summed E-state index contributed by atoms with van der Waals surface area (Å²) in [4.78, 5) is 15.5. The van der Waals surface area contributed by atoms with Crippen molar-refractivity contribution >= 4 is 27.6 Å². The minimum atomic E-state index is -0.892. The number of piperidine rings is 1. The molecular formula is C14H19BrN2O2. The van der Waals surface area contributed by atoms with Gasteiger partial charge in [0.15, 0.2) is 0 Å². The van der Waals surface area contributed by atoms with Crippen LogP contribution in [0.4, 0.5) is 5.69 Å². The topological polar surface area (TPSA) is 43.8 Å². The van der Waals surface area contributed by atoms with E-state index in [-0.39, 0.29) is 0 Å². The van der Waals surface area contributed by atoms with Gasteiger partial charge in [0.1, 0.15) is 0 Å². The Morgan fingerprint density at radius 3 is 2.79 bits per heavy atom. The number of aromatic carboxylic acids is 1. The number of hydrogen-bond acceptors (Lipinski definition) is 3. The first-order chi connectivity index (χ1) is 8.99. The fraction of sp³-hybridized carbons (Fsp3) is 0.500. The monoisotopic (exact) mass is 326 g/mol. The Morgan fingerprint density at radius 1 is 1.47 bits per heavy atom. The van der Waals surface area contributed by atoms with Gasteiger partial charge in [-0.25, -0.2) is 4.79 Å². The summed E-state index contributed by atoms with van der Waals surface area (Å²) in [6.07, 6.45) is 2.38. The first-order valence-corrected chi connectivity index (χ1v) is 7.22. The van der Waals surface area contributed by atoms with E-state index in [1.807, 2.05) is 6.07 Å². The van der Waals surface area contributed by atoms with Gasteiger partial charge in [0.05, 0.1) is 11.3 Å². The predicted molar refractivity (Wildman–Crippen MR) is 80.0 cm³/mol. The van der Waals surface area contributed by atoms with E-state index in [0.29, 0.717) is 11.6 Å². The van der Waals surface area contributed by atoms with E-state index < -0.39 is 5.97 Å². The van der Waals surface area contributed by atoms with E-state index in [4.69, 9.17) is 5.11 Å². The van der Waals surface area contributed by atoms with Crippen molar-refractivity contribution in [2.24, 2.45) is 0 Å². The molecule has 1 aliphatic heterocycles. The zero-order chi connectivity index (χ0) is 14.0. The van der Waals surface area contributed by atoms with Gasteiger partial charge in [-0.3, -0.25) is 0 Å². The molecule has 1 fully saturated rings. The van der Waals surface area contributed by atoms with Gasteiger partial charge < -0.3 is 14.9 Å². The lowest BCUT2D eigenvalue weighted by Gasteiger charge is -2.38. The summed E-state index contributed by atoms with van der Waals surface area (Å²) >= 11 is 3.49. The van der Waals surface area contributed by atoms with Crippen molar-refractivity contribution in [3.8, 4) is 0 Å². The van der Waals surface area contributed by atoms with Crippen molar-refractivity contribution in [2.75, 3.05) is 32.1 Å². The lowest BCUT2D eigenvalue weighted by Crippen LogP contribution is -2.45. The Balaban J connectivity index is 2.19. The molecule has 1 aliphatic rings. The van der Waals surface area contributed by atoms with Gasteiger partial charge in [-0.1, -0.05) is 0 Å². The molecule has 19 heavy (non-hydrogen) atoms. The first-order valence-electron chi connectivity index (χ1n) is 6.43. The summed E-state index contributed by atoms with van der Waals surface area (Å²) < 4.78 is 0.854. The van der Waals surface area contributed by atoms with Gasteiger partial charge in [-0.05, 0) is 61.1 Å². The fourth-order valence-corrected chi connectivity index (χ4v) is 3.12. The van der Waals surface area contributed by atoms with Crippen molar-refractivity contribution in [1.29, 1.82) is 0 Å². The summed E-state index contributed by atoms with van der Waals surface area (Å²) in [5, 5.41) is 8.98. The van der Waals surface area contributed by atoms with Crippen LogP contribution in [0.2, 0.25) is 0 Å². The number of anilines is 1. The van der Waals surface area contributed by atoms with Crippen molar-refractivity contribution in [3.63, 3.8) is 0 Å². The lowest BCUT2D eigenvalue weighted by atomic mass is 10.0. The highest BCUT2D eigenvalue weighted by Gasteiger charge is 2.23. The number of halogens is 1. The third kappa shape index (κ3) is 3.28. The number of benzene rings is 1. The van der Waals surface area contributed by atoms with Crippen LogP contribution >= 0.6 is 15.9 Å². The molecule has 0 radical (unpaired) electrons. The maximum Gasteiger partial charge on any atom is 0.335 e. The van der Waals surface area contributed by atoms with Gasteiger partial charge in [-0.2, -0.15) is 0 Å². The standard InChI is InChI=1S/C14H19BrN2O2/c1-16(2)11-4-3-7-17(9-11)13-6-5-10(14(18)19)8-12(13)15/h5-6,8,11H,3-4,7,9H2,1-2H3,(H,18,19). The van der Waals surface area contributed by atoms with Gasteiger partial charge in [0.25, 0.3) is 0 Å². The molecule has 2 rings (SSSR count). The molecule has 5 heteroatoms. The lowest BCUT2D eigenvalue weighted by molar-refractivity contribution is 0.0697. The van der Waals surface area contributed by atoms with Crippen molar-refractivity contribution in [2.45, 2.75) is 18.9 Å². The van der Waals surface area contributed by atoms with Gasteiger partial charge in [-0.15, -0.1) is 0 Å². The van der Waals surface area contributed by atoms with E-state index in [2.05, 4.69) is 39.8 Å². The Bertz CT molecular complexity index is 477. The average Bonchev–Trinajstić information content (AvgIpc) is 2.38. The zero-order valence-electron chi connectivity index (χ0n) is 11.3. The van der Waals surface area contributed by atoms with Crippen LogP contribution in [0, 0.1) is 0 Å². The van der Waals surface area contributed by atoms with Crippen LogP contribution in [0.1, 0.15) is 23.2 Å². The molecule has 1 aromatic carbocycles. The number of hydrogen-bond donors (Lipinski definition) is 1. The fourth-order valence-electron chi connectivity index (χ4n) is 2.49. The van der Waals surface area contributed by atoms with Crippen LogP contribution in [0.25, 0.3) is 0 Å². The normalized spacial score (nSPS) is 19.8. The molecule has 0 bridgehead atoms. The average molecular weight is 327 g/mol. The second-order valence-electron chi connectivity index (χ2n) is 5.18. The van der Waals surface area contributed by atoms with Gasteiger partial charge in [0, 0.05) is 23.6 Å². The van der Waals surface area contributed by atoms with Crippen molar-refractivity contribution in [1.82, 2.24) is 4.90 Å². The highest BCUT2D eigenvalue weighted by atomic mass is 79.9. The van der Waals surface area contributed by atoms with Crippen LogP contribution in [-0.2, 0) is 0 Å². The Kier molecular flexibility index (Phi) is 4.47. The molecule has 104 valence electrons. The molecule has 0 aliphatic carbocycles. The number of carbonyl (C=O) groups is 1. The summed E-state index contributed by atoms with van der Waals surface area (Å²) in [5.74, 6) is -0.892. The first kappa shape index (κ1) is 14.3. The van der Waals surface area contributed by atoms with E-state index in [9.17, 15) is 4.79 Å². The molecule has 1 heterocycles. The van der Waals surface area contributed by atoms with Crippen molar-refractivity contribution in [3.05, 3.63) is 28.2 Å². The number of carboxylic acid groups (broad SMARTS) is 1. The minimum Gasteiger partial charge on any atom is -0.478 e. The summed E-state index contributed by atoms with van der Waals surface area (Å²) in [7, 11) is 4.22. The van der Waals surface area contributed by atoms with E-state index in [1.165, 1.54) is 6.42 Å². The Labute approximate surface area is 122 Å². The third-order valence-electron chi connectivity index (χ3n) is 3.66. The SMILES string of the molecule is CN(C)C1CCCN(c2ccc(C(=O)O)cc2Br)C1. The Morgan fingerprint density at radius 2 is 2.21 bits per heavy atom. The molecule has 0 amide bonds. The highest BCUT2D eigenvalue weighted by molar-refractivity contribution is 9.10. The summed E-state index contributed by atoms with van der Waals surface area (Å²) in [6.45, 7) is 2.01. The number of likely N-dealkylation sites (N-methyl/N-ethyl adjacent to an activating group) is 1. The second kappa shape index (κ2) is 5.92. The molecule has 1 unspecified atom stereocenters. The number of rotatable bonds is 3. The summed E-state index contributed by atoms with van der Waals surface area (Å²) in [6, 6.07) is 5.80. The number of nitrogens with zero attached hydrogens (tertiary/aromatic N) is 2. The van der Waals surface area contributed by atoms with E-state index in [1.54, 1.807) is 12.1 Å². The molecule has 1 saturated heterocycles. The number of carboxylic acids is 1. The van der Waals surface area contributed by atoms with Crippen molar-refractivity contribution < 1.29 is 9.90 Å². The third-order valence-corrected chi connectivity index (χ3v) is 4.30. The molecular weight excluding hydrogens is 308 g/mol. The van der Waals surface area contributed by atoms with Crippen LogP contribution in [0.15, 0.2) is 22.7 Å². The van der Waals surface area contributed by atoms with E-state index in [0.717, 1.165) is 29.7 Å². The van der Waals surface area contributed by atoms with Crippen LogP contribution in [-0.4, -0.2) is 49.2 Å². The highest BCUT2D eigenvalue weighted by Crippen LogP contribution is 2.30. The quantitative estimate of drug-likeness (QED) is 0.927. The maximum atomic E-state index is 10.9. The van der Waals surface area contributed by atoms with Gasteiger partial charge in [0.2, 0.25) is 0 Å². The second-order valence-corrected chi connectivity index (χ2v) is 6.03. The van der Waals surface area contributed by atoms with Crippen LogP contribution in [0.5, 0.6) is 0 Å². The molecule has 0 spiro atoms. The van der Waals surface area contributed by atoms with E-state index >= 15 is 0 Å². The smallest absolute Gasteiger partial charge is 0.335 e. The zero-order valence-corrected chi connectivity index (χ0v) is 12.9. The molecule has 0 saturated carbocycles. The van der Waals surface area contributed by atoms with Gasteiger partial charge >= 0.3 is 5.97 Å². The molecule has 1 atom stereocenters. The minimum absolute atomic E-state index is 0.316. The van der Waals surface area contributed by atoms with Crippen LogP contribution in [0.3, 0.4) is 0 Å².